The molecule has 1 aromatic heterocycles. The predicted octanol–water partition coefficient (Wildman–Crippen LogP) is 10.3. The summed E-state index contributed by atoms with van der Waals surface area (Å²) in [7, 11) is -1.45. The number of allylic oxidation sites excluding steroid dienone is 1. The van der Waals surface area contributed by atoms with Crippen molar-refractivity contribution in [3.8, 4) is 0 Å². The highest BCUT2D eigenvalue weighted by Crippen LogP contribution is 2.44. The maximum Gasteiger partial charge on any atom is 0.310 e. The van der Waals surface area contributed by atoms with Gasteiger partial charge < -0.3 is 8.39 Å². The van der Waals surface area contributed by atoms with Crippen LogP contribution in [0.4, 0.5) is 0 Å². The van der Waals surface area contributed by atoms with Crippen LogP contribution in [0.2, 0.25) is 0 Å². The Morgan fingerprint density at radius 2 is 1.24 bits per heavy atom. The summed E-state index contributed by atoms with van der Waals surface area (Å²) < 4.78 is 16.1. The van der Waals surface area contributed by atoms with Crippen LogP contribution in [0, 0.1) is 0 Å². The zero-order valence-electron chi connectivity index (χ0n) is 21.4. The van der Waals surface area contributed by atoms with Crippen LogP contribution in [0.25, 0.3) is 43.5 Å². The molecule has 0 radical (unpaired) electrons. The van der Waals surface area contributed by atoms with E-state index in [0.717, 1.165) is 28.5 Å². The zero-order valence-corrected chi connectivity index (χ0v) is 22.3. The topological polar surface area (TPSA) is 29.5 Å². The highest BCUT2D eigenvalue weighted by atomic mass is 31.1. The molecule has 0 bridgehead atoms. The SMILES string of the molecule is C/C=C(\C)CN(C(C)c1ccccc1)p1oc2ccc3ccccc3c2c2c(ccc3ccccc32)o1. The molecular weight excluding hydrogens is 473 g/mol. The van der Waals surface area contributed by atoms with E-state index in [1.54, 1.807) is 0 Å². The minimum Gasteiger partial charge on any atom is -0.408 e. The molecule has 184 valence electrons. The maximum absolute atomic E-state index is 6.89. The van der Waals surface area contributed by atoms with Crippen molar-refractivity contribution in [3.05, 3.63) is 120 Å². The van der Waals surface area contributed by atoms with Gasteiger partial charge in [0.1, 0.15) is 11.2 Å². The van der Waals surface area contributed by atoms with Crippen molar-refractivity contribution in [3.63, 3.8) is 0 Å². The van der Waals surface area contributed by atoms with E-state index in [2.05, 4.69) is 135 Å². The van der Waals surface area contributed by atoms with E-state index in [1.807, 2.05) is 0 Å². The van der Waals surface area contributed by atoms with E-state index in [0.29, 0.717) is 0 Å². The average molecular weight is 504 g/mol. The molecule has 0 aliphatic carbocycles. The summed E-state index contributed by atoms with van der Waals surface area (Å²) >= 11 is 0. The van der Waals surface area contributed by atoms with Gasteiger partial charge >= 0.3 is 8.16 Å². The first-order chi connectivity index (χ1) is 18.1. The average Bonchev–Trinajstić information content (AvgIpc) is 3.13. The van der Waals surface area contributed by atoms with Crippen molar-refractivity contribution in [2.45, 2.75) is 26.8 Å². The number of hydrogen-bond acceptors (Lipinski definition) is 3. The van der Waals surface area contributed by atoms with Crippen LogP contribution in [0.1, 0.15) is 32.4 Å². The van der Waals surface area contributed by atoms with Crippen molar-refractivity contribution in [1.82, 2.24) is 0 Å². The van der Waals surface area contributed by atoms with Crippen molar-refractivity contribution in [1.29, 1.82) is 0 Å². The van der Waals surface area contributed by atoms with E-state index in [9.17, 15) is 0 Å². The molecule has 0 amide bonds. The Hall–Kier alpha value is -3.78. The minimum absolute atomic E-state index is 0.105. The van der Waals surface area contributed by atoms with Gasteiger partial charge in [-0.1, -0.05) is 103 Å². The molecule has 0 aliphatic rings. The molecular formula is C33H30NO2P. The minimum atomic E-state index is -1.45. The molecule has 0 spiro atoms. The van der Waals surface area contributed by atoms with Crippen LogP contribution < -0.4 is 4.67 Å². The molecule has 0 aliphatic heterocycles. The highest BCUT2D eigenvalue weighted by molar-refractivity contribution is 7.39. The molecule has 0 N–H and O–H groups in total. The lowest BCUT2D eigenvalue weighted by molar-refractivity contribution is 0.603. The molecule has 5 aromatic carbocycles. The first-order valence-electron chi connectivity index (χ1n) is 12.8. The summed E-state index contributed by atoms with van der Waals surface area (Å²) in [5.74, 6) is 0. The van der Waals surface area contributed by atoms with Crippen LogP contribution in [0.3, 0.4) is 0 Å². The number of rotatable bonds is 5. The fraction of sp³-hybridized carbons (Fsp3) is 0.152. The molecule has 0 saturated heterocycles. The van der Waals surface area contributed by atoms with Gasteiger partial charge in [0.2, 0.25) is 0 Å². The van der Waals surface area contributed by atoms with Gasteiger partial charge in [0, 0.05) is 23.4 Å². The normalized spacial score (nSPS) is 13.1. The third-order valence-electron chi connectivity index (χ3n) is 7.23. The Morgan fingerprint density at radius 1 is 0.730 bits per heavy atom. The molecule has 1 unspecified atom stereocenters. The van der Waals surface area contributed by atoms with E-state index in [-0.39, 0.29) is 6.04 Å². The summed E-state index contributed by atoms with van der Waals surface area (Å²) in [4.78, 5) is 0. The van der Waals surface area contributed by atoms with E-state index in [1.165, 1.54) is 32.7 Å². The molecule has 0 saturated carbocycles. The fourth-order valence-corrected chi connectivity index (χ4v) is 6.69. The van der Waals surface area contributed by atoms with Gasteiger partial charge in [0.25, 0.3) is 0 Å². The van der Waals surface area contributed by atoms with Crippen LogP contribution in [0.15, 0.2) is 123 Å². The quantitative estimate of drug-likeness (QED) is 0.219. The smallest absolute Gasteiger partial charge is 0.310 e. The van der Waals surface area contributed by atoms with Gasteiger partial charge in [-0.2, -0.15) is 4.67 Å². The summed E-state index contributed by atoms with van der Waals surface area (Å²) in [6.45, 7) is 7.25. The third-order valence-corrected chi connectivity index (χ3v) is 8.84. The van der Waals surface area contributed by atoms with E-state index in [4.69, 9.17) is 8.39 Å². The lowest BCUT2D eigenvalue weighted by atomic mass is 9.99. The lowest BCUT2D eigenvalue weighted by Gasteiger charge is -2.26. The molecule has 3 nitrogen and oxygen atoms in total. The largest absolute Gasteiger partial charge is 0.408 e. The summed E-state index contributed by atoms with van der Waals surface area (Å²) in [5.41, 5.74) is 4.24. The van der Waals surface area contributed by atoms with Gasteiger partial charge in [-0.15, -0.1) is 0 Å². The van der Waals surface area contributed by atoms with Gasteiger partial charge in [0.05, 0.1) is 0 Å². The van der Waals surface area contributed by atoms with Crippen molar-refractivity contribution in [2.75, 3.05) is 11.2 Å². The molecule has 4 heteroatoms. The standard InChI is InChI=1S/C33H30NO2P/c1-4-23(2)22-34(24(3)25-12-6-5-7-13-25)37-35-30-20-18-26-14-8-10-16-28(26)32(30)33-29-17-11-9-15-27(29)19-21-31(33)36-37/h4-21,24H,22H2,1-3H3/b23-4+. The van der Waals surface area contributed by atoms with Crippen LogP contribution in [-0.2, 0) is 0 Å². The Labute approximate surface area is 218 Å². The summed E-state index contributed by atoms with van der Waals surface area (Å²) in [6, 6.07) is 36.3. The third kappa shape index (κ3) is 4.35. The van der Waals surface area contributed by atoms with Gasteiger partial charge in [-0.05, 0) is 60.0 Å². The first-order valence-corrected chi connectivity index (χ1v) is 13.9. The molecule has 1 heterocycles. The Balaban J connectivity index is 1.73. The van der Waals surface area contributed by atoms with E-state index < -0.39 is 8.16 Å². The Morgan fingerprint density at radius 3 is 1.78 bits per heavy atom. The van der Waals surface area contributed by atoms with E-state index >= 15 is 0 Å². The monoisotopic (exact) mass is 503 g/mol. The second-order valence-corrected chi connectivity index (χ2v) is 10.9. The van der Waals surface area contributed by atoms with Crippen LogP contribution in [-0.4, -0.2) is 6.54 Å². The lowest BCUT2D eigenvalue weighted by Crippen LogP contribution is -2.25. The second kappa shape index (κ2) is 9.94. The van der Waals surface area contributed by atoms with Crippen LogP contribution in [0.5, 0.6) is 0 Å². The second-order valence-electron chi connectivity index (χ2n) is 9.56. The highest BCUT2D eigenvalue weighted by Gasteiger charge is 2.23. The number of nitrogens with zero attached hydrogens (tertiary/aromatic N) is 1. The Bertz CT molecular complexity index is 1710. The number of benzene rings is 5. The van der Waals surface area contributed by atoms with Gasteiger partial charge in [0.15, 0.2) is 0 Å². The molecule has 6 aromatic rings. The van der Waals surface area contributed by atoms with Crippen molar-refractivity contribution < 1.29 is 8.39 Å². The number of hydrogen-bond donors (Lipinski definition) is 0. The van der Waals surface area contributed by atoms with Crippen molar-refractivity contribution in [2.24, 2.45) is 0 Å². The Kier molecular flexibility index (Phi) is 6.34. The summed E-state index contributed by atoms with van der Waals surface area (Å²) in [5, 5.41) is 6.93. The predicted molar refractivity (Wildman–Crippen MR) is 159 cm³/mol. The fourth-order valence-electron chi connectivity index (χ4n) is 5.05. The zero-order chi connectivity index (χ0) is 25.4. The summed E-state index contributed by atoms with van der Waals surface area (Å²) in [6.07, 6.45) is 2.17. The van der Waals surface area contributed by atoms with Gasteiger partial charge in [-0.25, -0.2) is 0 Å². The molecule has 1 atom stereocenters. The molecule has 0 fully saturated rings. The first kappa shape index (κ1) is 23.6. The molecule has 37 heavy (non-hydrogen) atoms. The number of fused-ring (bicyclic) bond motifs is 7. The maximum atomic E-state index is 6.89. The van der Waals surface area contributed by atoms with Gasteiger partial charge in [-0.3, -0.25) is 0 Å². The van der Waals surface area contributed by atoms with Crippen molar-refractivity contribution >= 4 is 51.6 Å². The van der Waals surface area contributed by atoms with Crippen LogP contribution >= 0.6 is 8.16 Å². The molecule has 6 rings (SSSR count).